The fourth-order valence-electron chi connectivity index (χ4n) is 2.17. The molecule has 0 saturated heterocycles. The van der Waals surface area contributed by atoms with Crippen molar-refractivity contribution in [3.63, 3.8) is 0 Å². The van der Waals surface area contributed by atoms with E-state index >= 15 is 0 Å². The van der Waals surface area contributed by atoms with E-state index in [1.54, 1.807) is 18.3 Å². The highest BCUT2D eigenvalue weighted by Gasteiger charge is 2.16. The molecular formula is C16H21N3O2. The van der Waals surface area contributed by atoms with E-state index in [1.807, 2.05) is 32.3 Å². The van der Waals surface area contributed by atoms with Crippen molar-refractivity contribution >= 4 is 16.9 Å². The molecule has 2 rings (SSSR count). The van der Waals surface area contributed by atoms with Crippen LogP contribution in [0.25, 0.3) is 11.0 Å². The van der Waals surface area contributed by atoms with Crippen molar-refractivity contribution in [1.29, 1.82) is 0 Å². The lowest BCUT2D eigenvalue weighted by Gasteiger charge is -2.14. The summed E-state index contributed by atoms with van der Waals surface area (Å²) < 4.78 is 1.84. The standard InChI is InChI=1S/C16H21N3O2/c1-5-10(3)18-16(21)13-9-19(6-2)15-12(14(13)20)8-7-11(4)17-15/h7-10H,5-6H2,1-4H3,(H,18,21)/t10-/m0/s1. The molecule has 0 aliphatic heterocycles. The summed E-state index contributed by atoms with van der Waals surface area (Å²) in [4.78, 5) is 29.2. The van der Waals surface area contributed by atoms with Gasteiger partial charge in [-0.15, -0.1) is 0 Å². The summed E-state index contributed by atoms with van der Waals surface area (Å²) in [6.07, 6.45) is 2.43. The van der Waals surface area contributed by atoms with Crippen LogP contribution in [0.2, 0.25) is 0 Å². The minimum Gasteiger partial charge on any atom is -0.349 e. The second-order valence-corrected chi connectivity index (χ2v) is 5.26. The quantitative estimate of drug-likeness (QED) is 0.938. The Labute approximate surface area is 124 Å². The van der Waals surface area contributed by atoms with Crippen LogP contribution in [0.3, 0.4) is 0 Å². The number of amides is 1. The van der Waals surface area contributed by atoms with Crippen LogP contribution in [0.5, 0.6) is 0 Å². The van der Waals surface area contributed by atoms with Gasteiger partial charge >= 0.3 is 0 Å². The minimum absolute atomic E-state index is 0.0406. The Hall–Kier alpha value is -2.17. The molecule has 0 unspecified atom stereocenters. The first-order chi connectivity index (χ1) is 9.97. The Morgan fingerprint density at radius 1 is 1.38 bits per heavy atom. The van der Waals surface area contributed by atoms with E-state index in [0.29, 0.717) is 17.6 Å². The number of hydrogen-bond donors (Lipinski definition) is 1. The first-order valence-corrected chi connectivity index (χ1v) is 7.29. The van der Waals surface area contributed by atoms with Gasteiger partial charge in [0.1, 0.15) is 11.2 Å². The molecule has 0 aliphatic rings. The molecule has 1 atom stereocenters. The second-order valence-electron chi connectivity index (χ2n) is 5.26. The van der Waals surface area contributed by atoms with Crippen LogP contribution >= 0.6 is 0 Å². The average Bonchev–Trinajstić information content (AvgIpc) is 2.47. The summed E-state index contributed by atoms with van der Waals surface area (Å²) in [5, 5.41) is 3.33. The number of aryl methyl sites for hydroxylation is 2. The van der Waals surface area contributed by atoms with Crippen molar-refractivity contribution in [2.75, 3.05) is 0 Å². The molecule has 1 N–H and O–H groups in total. The summed E-state index contributed by atoms with van der Waals surface area (Å²) >= 11 is 0. The van der Waals surface area contributed by atoms with Gasteiger partial charge in [-0.1, -0.05) is 6.92 Å². The van der Waals surface area contributed by atoms with Gasteiger partial charge in [-0.3, -0.25) is 9.59 Å². The zero-order valence-corrected chi connectivity index (χ0v) is 12.9. The number of fused-ring (bicyclic) bond motifs is 1. The molecule has 1 amide bonds. The number of nitrogens with one attached hydrogen (secondary N) is 1. The molecule has 0 saturated carbocycles. The van der Waals surface area contributed by atoms with Crippen molar-refractivity contribution in [3.8, 4) is 0 Å². The number of pyridine rings is 2. The Morgan fingerprint density at radius 3 is 2.71 bits per heavy atom. The van der Waals surface area contributed by atoms with Crippen molar-refractivity contribution in [2.24, 2.45) is 0 Å². The fraction of sp³-hybridized carbons (Fsp3) is 0.438. The molecule has 0 aromatic carbocycles. The van der Waals surface area contributed by atoms with E-state index < -0.39 is 0 Å². The van der Waals surface area contributed by atoms with Crippen LogP contribution < -0.4 is 10.7 Å². The molecule has 112 valence electrons. The number of aromatic nitrogens is 2. The average molecular weight is 287 g/mol. The van der Waals surface area contributed by atoms with Gasteiger partial charge in [0, 0.05) is 24.5 Å². The van der Waals surface area contributed by atoms with Crippen LogP contribution in [0, 0.1) is 6.92 Å². The topological polar surface area (TPSA) is 64.0 Å². The molecule has 0 aliphatic carbocycles. The van der Waals surface area contributed by atoms with E-state index in [4.69, 9.17) is 0 Å². The number of carbonyl (C=O) groups excluding carboxylic acids is 1. The lowest BCUT2D eigenvalue weighted by atomic mass is 10.1. The minimum atomic E-state index is -0.320. The third kappa shape index (κ3) is 2.96. The summed E-state index contributed by atoms with van der Waals surface area (Å²) in [6.45, 7) is 8.40. The highest BCUT2D eigenvalue weighted by molar-refractivity contribution is 5.97. The van der Waals surface area contributed by atoms with E-state index in [1.165, 1.54) is 0 Å². The van der Waals surface area contributed by atoms with Crippen molar-refractivity contribution < 1.29 is 4.79 Å². The summed E-state index contributed by atoms with van der Waals surface area (Å²) in [6, 6.07) is 3.57. The summed E-state index contributed by atoms with van der Waals surface area (Å²) in [5.41, 5.74) is 1.39. The Morgan fingerprint density at radius 2 is 2.10 bits per heavy atom. The van der Waals surface area contributed by atoms with Gasteiger partial charge in [-0.25, -0.2) is 4.98 Å². The molecule has 2 aromatic heterocycles. The van der Waals surface area contributed by atoms with Crippen LogP contribution in [0.4, 0.5) is 0 Å². The largest absolute Gasteiger partial charge is 0.349 e. The number of rotatable bonds is 4. The van der Waals surface area contributed by atoms with Gasteiger partial charge in [0.2, 0.25) is 5.43 Å². The highest BCUT2D eigenvalue weighted by atomic mass is 16.2. The van der Waals surface area contributed by atoms with Gasteiger partial charge in [0.25, 0.3) is 5.91 Å². The van der Waals surface area contributed by atoms with Crippen molar-refractivity contribution in [3.05, 3.63) is 39.8 Å². The Bertz CT molecular complexity index is 734. The first-order valence-electron chi connectivity index (χ1n) is 7.29. The van der Waals surface area contributed by atoms with E-state index in [2.05, 4.69) is 10.3 Å². The van der Waals surface area contributed by atoms with Gasteiger partial charge in [0.15, 0.2) is 0 Å². The molecule has 2 heterocycles. The zero-order valence-electron chi connectivity index (χ0n) is 12.9. The first kappa shape index (κ1) is 15.2. The molecule has 5 heteroatoms. The highest BCUT2D eigenvalue weighted by Crippen LogP contribution is 2.11. The fourth-order valence-corrected chi connectivity index (χ4v) is 2.17. The maximum atomic E-state index is 12.5. The van der Waals surface area contributed by atoms with Crippen LogP contribution in [0.15, 0.2) is 23.1 Å². The second kappa shape index (κ2) is 6.08. The summed E-state index contributed by atoms with van der Waals surface area (Å²) in [5.74, 6) is -0.320. The zero-order chi connectivity index (χ0) is 15.6. The Kier molecular flexibility index (Phi) is 4.40. The van der Waals surface area contributed by atoms with Gasteiger partial charge in [-0.2, -0.15) is 0 Å². The lowest BCUT2D eigenvalue weighted by Crippen LogP contribution is -2.35. The molecule has 5 nitrogen and oxygen atoms in total. The lowest BCUT2D eigenvalue weighted by molar-refractivity contribution is 0.0937. The van der Waals surface area contributed by atoms with Crippen LogP contribution in [-0.2, 0) is 6.54 Å². The van der Waals surface area contributed by atoms with Gasteiger partial charge < -0.3 is 9.88 Å². The van der Waals surface area contributed by atoms with Crippen LogP contribution in [0.1, 0.15) is 43.2 Å². The molecule has 0 radical (unpaired) electrons. The Balaban J connectivity index is 2.61. The number of hydrogen-bond acceptors (Lipinski definition) is 3. The molecule has 21 heavy (non-hydrogen) atoms. The summed E-state index contributed by atoms with van der Waals surface area (Å²) in [7, 11) is 0. The molecule has 0 fully saturated rings. The van der Waals surface area contributed by atoms with Gasteiger partial charge in [-0.05, 0) is 39.3 Å². The molecule has 0 bridgehead atoms. The smallest absolute Gasteiger partial charge is 0.256 e. The van der Waals surface area contributed by atoms with Crippen LogP contribution in [-0.4, -0.2) is 21.5 Å². The van der Waals surface area contributed by atoms with E-state index in [0.717, 1.165) is 12.1 Å². The SMILES string of the molecule is CC[C@H](C)NC(=O)c1cn(CC)c2nc(C)ccc2c1=O. The third-order valence-electron chi connectivity index (χ3n) is 3.64. The third-order valence-corrected chi connectivity index (χ3v) is 3.64. The predicted octanol–water partition coefficient (Wildman–Crippen LogP) is 2.25. The molecule has 2 aromatic rings. The van der Waals surface area contributed by atoms with Crippen molar-refractivity contribution in [1.82, 2.24) is 14.9 Å². The molecule has 0 spiro atoms. The molecular weight excluding hydrogens is 266 g/mol. The van der Waals surface area contributed by atoms with E-state index in [9.17, 15) is 9.59 Å². The monoisotopic (exact) mass is 287 g/mol. The number of nitrogens with zero attached hydrogens (tertiary/aromatic N) is 2. The number of carbonyl (C=O) groups is 1. The maximum Gasteiger partial charge on any atom is 0.256 e. The van der Waals surface area contributed by atoms with Gasteiger partial charge in [0.05, 0.1) is 5.39 Å². The maximum absolute atomic E-state index is 12.5. The van der Waals surface area contributed by atoms with E-state index in [-0.39, 0.29) is 22.9 Å². The normalized spacial score (nSPS) is 12.4. The predicted molar refractivity (Wildman–Crippen MR) is 83.6 cm³/mol. The van der Waals surface area contributed by atoms with Crippen molar-refractivity contribution in [2.45, 2.75) is 46.7 Å².